The maximum atomic E-state index is 15.4. The summed E-state index contributed by atoms with van der Waals surface area (Å²) >= 11 is 0.758. The Morgan fingerprint density at radius 2 is 1.60 bits per heavy atom. The van der Waals surface area contributed by atoms with Crippen molar-refractivity contribution < 1.29 is 22.0 Å². The van der Waals surface area contributed by atoms with Crippen molar-refractivity contribution in [2.45, 2.75) is 44.7 Å². The van der Waals surface area contributed by atoms with Crippen LogP contribution in [0.5, 0.6) is 0 Å². The lowest BCUT2D eigenvalue weighted by atomic mass is 9.82. The topological polar surface area (TPSA) is 0 Å². The fourth-order valence-corrected chi connectivity index (χ4v) is 5.97. The molecule has 30 heavy (non-hydrogen) atoms. The second-order valence-corrected chi connectivity index (χ2v) is 9.10. The summed E-state index contributed by atoms with van der Waals surface area (Å²) in [5, 5.41) is 0.770. The van der Waals surface area contributed by atoms with Crippen LogP contribution in [-0.2, 0) is 6.18 Å². The highest BCUT2D eigenvalue weighted by molar-refractivity contribution is 7.25. The Balaban J connectivity index is 1.56. The zero-order chi connectivity index (χ0) is 21.0. The maximum Gasteiger partial charge on any atom is 0.419 e. The molecule has 6 heteroatoms. The SMILES string of the molecule is Fc1c(C2=CCC(C3=CCCC3)CC2)ccc2c1sc1c(F)c(C(F)(F)F)ccc12. The van der Waals surface area contributed by atoms with E-state index in [4.69, 9.17) is 0 Å². The van der Waals surface area contributed by atoms with Gasteiger partial charge in [-0.1, -0.05) is 35.9 Å². The molecule has 2 aromatic carbocycles. The van der Waals surface area contributed by atoms with Crippen molar-refractivity contribution in [3.63, 3.8) is 0 Å². The van der Waals surface area contributed by atoms with Crippen molar-refractivity contribution in [1.82, 2.24) is 0 Å². The molecule has 1 unspecified atom stereocenters. The molecule has 0 spiro atoms. The normalized spacial score (nSPS) is 20.1. The Kier molecular flexibility index (Phi) is 4.73. The first-order valence-electron chi connectivity index (χ1n) is 10.1. The van der Waals surface area contributed by atoms with Gasteiger partial charge >= 0.3 is 6.18 Å². The third-order valence-corrected chi connectivity index (χ3v) is 7.56. The number of hydrogen-bond acceptors (Lipinski definition) is 1. The molecule has 0 amide bonds. The lowest BCUT2D eigenvalue weighted by molar-refractivity contribution is -0.139. The van der Waals surface area contributed by atoms with E-state index in [1.165, 1.54) is 18.1 Å². The molecule has 1 heterocycles. The molecular weight excluding hydrogens is 415 g/mol. The molecule has 3 aromatic rings. The van der Waals surface area contributed by atoms with Gasteiger partial charge in [0.1, 0.15) is 5.82 Å². The molecule has 0 bridgehead atoms. The molecule has 0 nitrogen and oxygen atoms in total. The number of benzene rings is 2. The zero-order valence-corrected chi connectivity index (χ0v) is 16.9. The van der Waals surface area contributed by atoms with Gasteiger partial charge in [0.15, 0.2) is 5.82 Å². The van der Waals surface area contributed by atoms with E-state index in [-0.39, 0.29) is 9.40 Å². The lowest BCUT2D eigenvalue weighted by Gasteiger charge is -2.23. The third-order valence-electron chi connectivity index (χ3n) is 6.35. The van der Waals surface area contributed by atoms with Gasteiger partial charge < -0.3 is 0 Å². The predicted molar refractivity (Wildman–Crippen MR) is 112 cm³/mol. The quantitative estimate of drug-likeness (QED) is 0.280. The van der Waals surface area contributed by atoms with Crippen LogP contribution in [0.2, 0.25) is 0 Å². The van der Waals surface area contributed by atoms with E-state index in [0.717, 1.165) is 55.1 Å². The predicted octanol–water partition coefficient (Wildman–Crippen LogP) is 8.65. The second kappa shape index (κ2) is 7.19. The van der Waals surface area contributed by atoms with Crippen LogP contribution in [0.15, 0.2) is 42.0 Å². The maximum absolute atomic E-state index is 15.4. The third kappa shape index (κ3) is 3.16. The highest BCUT2D eigenvalue weighted by atomic mass is 32.1. The largest absolute Gasteiger partial charge is 0.419 e. The average Bonchev–Trinajstić information content (AvgIpc) is 3.37. The zero-order valence-electron chi connectivity index (χ0n) is 16.1. The highest BCUT2D eigenvalue weighted by Crippen LogP contribution is 2.44. The van der Waals surface area contributed by atoms with Gasteiger partial charge in [-0.25, -0.2) is 8.78 Å². The molecule has 0 saturated heterocycles. The highest BCUT2D eigenvalue weighted by Gasteiger charge is 2.35. The lowest BCUT2D eigenvalue weighted by Crippen LogP contribution is -2.08. The van der Waals surface area contributed by atoms with Gasteiger partial charge in [-0.2, -0.15) is 13.2 Å². The number of rotatable bonds is 2. The van der Waals surface area contributed by atoms with Crippen LogP contribution in [0, 0.1) is 17.6 Å². The minimum absolute atomic E-state index is 0.151. The minimum Gasteiger partial charge on any atom is -0.205 e. The van der Waals surface area contributed by atoms with Gasteiger partial charge in [0, 0.05) is 16.3 Å². The van der Waals surface area contributed by atoms with Crippen LogP contribution in [-0.4, -0.2) is 0 Å². The Hall–Kier alpha value is -2.21. The second-order valence-electron chi connectivity index (χ2n) is 8.08. The van der Waals surface area contributed by atoms with Crippen molar-refractivity contribution >= 4 is 37.1 Å². The standard InChI is InChI=1S/C24H19F5S/c25-20-16(15-7-5-14(6-8-15)13-3-1-2-4-13)9-10-17-18-11-12-19(24(27,28)29)21(26)23(18)30-22(17)20/h3,7,9-12,14H,1-2,4-6,8H2. The molecule has 1 aromatic heterocycles. The number of alkyl halides is 3. The number of halogens is 5. The first kappa shape index (κ1) is 19.7. The number of allylic oxidation sites excluding steroid dienone is 4. The van der Waals surface area contributed by atoms with Crippen molar-refractivity contribution in [1.29, 1.82) is 0 Å². The summed E-state index contributed by atoms with van der Waals surface area (Å²) in [5.41, 5.74) is 1.61. The fraction of sp³-hybridized carbons (Fsp3) is 0.333. The summed E-state index contributed by atoms with van der Waals surface area (Å²) in [6.07, 6.45) is 5.78. The van der Waals surface area contributed by atoms with E-state index in [9.17, 15) is 17.6 Å². The van der Waals surface area contributed by atoms with E-state index in [1.807, 2.05) is 0 Å². The van der Waals surface area contributed by atoms with Crippen LogP contribution in [0.3, 0.4) is 0 Å². The van der Waals surface area contributed by atoms with E-state index < -0.39 is 23.4 Å². The molecule has 156 valence electrons. The van der Waals surface area contributed by atoms with E-state index in [2.05, 4.69) is 12.2 Å². The molecule has 0 N–H and O–H groups in total. The summed E-state index contributed by atoms with van der Waals surface area (Å²) in [4.78, 5) is 0. The molecule has 0 saturated carbocycles. The Bertz CT molecular complexity index is 1210. The van der Waals surface area contributed by atoms with E-state index in [1.54, 1.807) is 12.1 Å². The smallest absolute Gasteiger partial charge is 0.205 e. The van der Waals surface area contributed by atoms with Gasteiger partial charge in [0.2, 0.25) is 0 Å². The molecule has 2 aliphatic carbocycles. The van der Waals surface area contributed by atoms with Crippen molar-refractivity contribution in [3.05, 3.63) is 64.8 Å². The summed E-state index contributed by atoms with van der Waals surface area (Å²) in [5.74, 6) is -1.26. The first-order chi connectivity index (χ1) is 14.3. The Morgan fingerprint density at radius 1 is 0.867 bits per heavy atom. The van der Waals surface area contributed by atoms with E-state index >= 15 is 4.39 Å². The molecular formula is C24H19F5S. The van der Waals surface area contributed by atoms with Crippen molar-refractivity contribution in [3.8, 4) is 0 Å². The Labute approximate surface area is 174 Å². The Morgan fingerprint density at radius 3 is 2.23 bits per heavy atom. The van der Waals surface area contributed by atoms with Gasteiger partial charge in [0.05, 0.1) is 15.0 Å². The summed E-state index contributed by atoms with van der Waals surface area (Å²) in [6, 6.07) is 5.35. The first-order valence-corrected chi connectivity index (χ1v) is 10.9. The van der Waals surface area contributed by atoms with Gasteiger partial charge in [-0.3, -0.25) is 0 Å². The van der Waals surface area contributed by atoms with Crippen LogP contribution in [0.25, 0.3) is 25.7 Å². The summed E-state index contributed by atoms with van der Waals surface area (Å²) in [7, 11) is 0. The molecule has 5 rings (SSSR count). The molecule has 0 aliphatic heterocycles. The molecule has 0 radical (unpaired) electrons. The van der Waals surface area contributed by atoms with E-state index in [0.29, 0.717) is 22.3 Å². The molecule has 0 fully saturated rings. The van der Waals surface area contributed by atoms with Gasteiger partial charge in [-0.05, 0) is 56.1 Å². The van der Waals surface area contributed by atoms with Crippen LogP contribution >= 0.6 is 11.3 Å². The van der Waals surface area contributed by atoms with Crippen molar-refractivity contribution in [2.75, 3.05) is 0 Å². The van der Waals surface area contributed by atoms with Gasteiger partial charge in [0.25, 0.3) is 0 Å². The number of hydrogen-bond donors (Lipinski definition) is 0. The summed E-state index contributed by atoms with van der Waals surface area (Å²) < 4.78 is 69.1. The minimum atomic E-state index is -4.78. The number of thiophene rings is 1. The monoisotopic (exact) mass is 434 g/mol. The number of fused-ring (bicyclic) bond motifs is 3. The van der Waals surface area contributed by atoms with Crippen LogP contribution < -0.4 is 0 Å². The average molecular weight is 434 g/mol. The molecule has 1 atom stereocenters. The van der Waals surface area contributed by atoms with Crippen LogP contribution in [0.4, 0.5) is 22.0 Å². The van der Waals surface area contributed by atoms with Crippen LogP contribution in [0.1, 0.15) is 49.7 Å². The van der Waals surface area contributed by atoms with Crippen molar-refractivity contribution in [2.24, 2.45) is 5.92 Å². The fourth-order valence-electron chi connectivity index (χ4n) is 4.79. The van der Waals surface area contributed by atoms with Gasteiger partial charge in [-0.15, -0.1) is 11.3 Å². The molecule has 2 aliphatic rings. The summed E-state index contributed by atoms with van der Waals surface area (Å²) in [6.45, 7) is 0.